The molecule has 1 aromatic heterocycles. The van der Waals surface area contributed by atoms with Crippen LogP contribution in [0.2, 0.25) is 0 Å². The van der Waals surface area contributed by atoms with Gasteiger partial charge in [-0.15, -0.1) is 0 Å². The molecule has 3 atom stereocenters. The highest BCUT2D eigenvalue weighted by atomic mass is 16.6. The van der Waals surface area contributed by atoms with E-state index in [0.29, 0.717) is 25.7 Å². The molecule has 3 aliphatic rings. The zero-order valence-electron chi connectivity index (χ0n) is 30.3. The number of hydrogen-bond acceptors (Lipinski definition) is 6. The Labute approximate surface area is 292 Å². The van der Waals surface area contributed by atoms with Gasteiger partial charge in [-0.1, -0.05) is 63.3 Å². The van der Waals surface area contributed by atoms with Crippen LogP contribution in [0.25, 0.3) is 11.0 Å². The number of ether oxygens (including phenoxy) is 2. The summed E-state index contributed by atoms with van der Waals surface area (Å²) in [4.78, 5) is 26.4. The number of esters is 2. The minimum atomic E-state index is -0.728. The molecule has 6 rings (SSSR count). The SMILES string of the molecule is CCC(CC)(Cc1cc2cc(C#Cc3ccc(C)cc3)ccc2o1)C(=O)OCC1C/C(=C\CC2(C)CC3CC(C)CC(C3)C2)C(=O)O1.CO. The van der Waals surface area contributed by atoms with Crippen molar-refractivity contribution in [3.05, 3.63) is 82.6 Å². The fraction of sp³-hybridized carbons (Fsp3) is 0.535. The van der Waals surface area contributed by atoms with Crippen molar-refractivity contribution in [2.45, 2.75) is 105 Å². The lowest BCUT2D eigenvalue weighted by Gasteiger charge is -2.47. The van der Waals surface area contributed by atoms with Gasteiger partial charge < -0.3 is 19.0 Å². The smallest absolute Gasteiger partial charge is 0.334 e. The standard InChI is InChI=1S/C42H50O5.CH4O/c1-6-42(7-2,26-36-23-35-21-31(14-15-38(35)46-36)13-12-30-10-8-28(3)9-11-30)40(44)45-27-37-22-34(39(43)47-37)16-17-41(5)24-32-18-29(4)19-33(20-32)25-41;1-2/h8-11,14-16,21,23,29,32-33,37H,6-7,17-20,22,24-27H2,1-5H3;2H,1H3/b34-16+;. The largest absolute Gasteiger partial charge is 0.461 e. The third kappa shape index (κ3) is 8.86. The molecule has 0 radical (unpaired) electrons. The van der Waals surface area contributed by atoms with Gasteiger partial charge >= 0.3 is 11.9 Å². The molecule has 1 aliphatic heterocycles. The number of rotatable bonds is 9. The lowest BCUT2D eigenvalue weighted by molar-refractivity contribution is -0.162. The first-order chi connectivity index (χ1) is 23.5. The van der Waals surface area contributed by atoms with E-state index in [4.69, 9.17) is 19.0 Å². The second-order valence-corrected chi connectivity index (χ2v) is 15.3. The summed E-state index contributed by atoms with van der Waals surface area (Å²) in [5.41, 5.74) is 4.12. The molecule has 6 heteroatoms. The summed E-state index contributed by atoms with van der Waals surface area (Å²) in [5, 5.41) is 7.96. The molecule has 2 bridgehead atoms. The Morgan fingerprint density at radius 1 is 1.00 bits per heavy atom. The summed E-state index contributed by atoms with van der Waals surface area (Å²) in [6.45, 7) is 11.0. The zero-order valence-corrected chi connectivity index (χ0v) is 30.3. The number of allylic oxidation sites excluding steroid dienone is 1. The van der Waals surface area contributed by atoms with Gasteiger partial charge in [-0.25, -0.2) is 4.79 Å². The van der Waals surface area contributed by atoms with Crippen LogP contribution in [0.1, 0.15) is 108 Å². The fourth-order valence-corrected chi connectivity index (χ4v) is 8.66. The molecule has 1 N–H and O–H groups in total. The summed E-state index contributed by atoms with van der Waals surface area (Å²) >= 11 is 0. The minimum absolute atomic E-state index is 0.0755. The van der Waals surface area contributed by atoms with Crippen LogP contribution in [-0.4, -0.2) is 36.9 Å². The van der Waals surface area contributed by atoms with Crippen LogP contribution in [0, 0.1) is 47.3 Å². The molecular weight excluding hydrogens is 612 g/mol. The first-order valence-electron chi connectivity index (χ1n) is 18.2. The maximum Gasteiger partial charge on any atom is 0.334 e. The maximum atomic E-state index is 13.6. The van der Waals surface area contributed by atoms with Crippen LogP contribution < -0.4 is 0 Å². The number of aliphatic hydroxyl groups excluding tert-OH is 1. The number of cyclic esters (lactones) is 1. The van der Waals surface area contributed by atoms with Gasteiger partial charge in [0.05, 0.1) is 5.41 Å². The Balaban J connectivity index is 0.00000230. The monoisotopic (exact) mass is 666 g/mol. The zero-order chi connectivity index (χ0) is 35.2. The molecule has 262 valence electrons. The number of furan rings is 1. The highest BCUT2D eigenvalue weighted by molar-refractivity contribution is 5.90. The summed E-state index contributed by atoms with van der Waals surface area (Å²) < 4.78 is 17.8. The normalized spacial score (nSPS) is 25.6. The van der Waals surface area contributed by atoms with Crippen LogP contribution in [0.4, 0.5) is 0 Å². The second-order valence-electron chi connectivity index (χ2n) is 15.3. The third-order valence-electron chi connectivity index (χ3n) is 11.2. The van der Waals surface area contributed by atoms with Gasteiger partial charge in [-0.05, 0) is 118 Å². The van der Waals surface area contributed by atoms with E-state index in [1.54, 1.807) is 0 Å². The molecule has 2 saturated carbocycles. The fourth-order valence-electron chi connectivity index (χ4n) is 8.66. The van der Waals surface area contributed by atoms with Crippen LogP contribution >= 0.6 is 0 Å². The number of fused-ring (bicyclic) bond motifs is 3. The Bertz CT molecular complexity index is 1680. The Hall–Kier alpha value is -3.82. The molecule has 2 heterocycles. The Morgan fingerprint density at radius 3 is 2.33 bits per heavy atom. The van der Waals surface area contributed by atoms with Gasteiger partial charge in [0.15, 0.2) is 0 Å². The van der Waals surface area contributed by atoms with E-state index in [1.807, 2.05) is 50.2 Å². The van der Waals surface area contributed by atoms with Crippen LogP contribution in [-0.2, 0) is 25.5 Å². The number of benzene rings is 2. The van der Waals surface area contributed by atoms with Crippen LogP contribution in [0.3, 0.4) is 0 Å². The maximum absolute atomic E-state index is 13.6. The lowest BCUT2D eigenvalue weighted by atomic mass is 9.58. The molecule has 3 unspecified atom stereocenters. The van der Waals surface area contributed by atoms with Crippen molar-refractivity contribution in [3.63, 3.8) is 0 Å². The number of carbonyl (C=O) groups excluding carboxylic acids is 2. The van der Waals surface area contributed by atoms with Gasteiger partial charge in [0, 0.05) is 42.0 Å². The van der Waals surface area contributed by atoms with Crippen molar-refractivity contribution in [2.75, 3.05) is 13.7 Å². The topological polar surface area (TPSA) is 86.0 Å². The number of hydrogen-bond donors (Lipinski definition) is 1. The predicted octanol–water partition coefficient (Wildman–Crippen LogP) is 9.13. The molecular formula is C43H54O6. The second kappa shape index (κ2) is 15.8. The number of aryl methyl sites for hydroxylation is 1. The van der Waals surface area contributed by atoms with Crippen molar-refractivity contribution in [2.24, 2.45) is 28.6 Å². The van der Waals surface area contributed by atoms with Gasteiger partial charge in [-0.2, -0.15) is 0 Å². The quantitative estimate of drug-likeness (QED) is 0.139. The van der Waals surface area contributed by atoms with Crippen molar-refractivity contribution >= 4 is 22.9 Å². The molecule has 0 amide bonds. The molecule has 3 fully saturated rings. The van der Waals surface area contributed by atoms with Crippen molar-refractivity contribution < 1.29 is 28.6 Å². The number of carbonyl (C=O) groups is 2. The first kappa shape index (κ1) is 36.5. The predicted molar refractivity (Wildman–Crippen MR) is 194 cm³/mol. The molecule has 6 nitrogen and oxygen atoms in total. The molecule has 2 aliphatic carbocycles. The summed E-state index contributed by atoms with van der Waals surface area (Å²) in [6, 6.07) is 16.1. The molecule has 1 saturated heterocycles. The first-order valence-corrected chi connectivity index (χ1v) is 18.2. The van der Waals surface area contributed by atoms with Gasteiger partial charge in [0.2, 0.25) is 0 Å². The number of aliphatic hydroxyl groups is 1. The van der Waals surface area contributed by atoms with Gasteiger partial charge in [0.1, 0.15) is 24.1 Å². The van der Waals surface area contributed by atoms with E-state index in [9.17, 15) is 9.59 Å². The minimum Gasteiger partial charge on any atom is -0.461 e. The van der Waals surface area contributed by atoms with E-state index >= 15 is 0 Å². The molecule has 3 aromatic rings. The van der Waals surface area contributed by atoms with Gasteiger partial charge in [-0.3, -0.25) is 4.79 Å². The average molecular weight is 667 g/mol. The van der Waals surface area contributed by atoms with Gasteiger partial charge in [0.25, 0.3) is 0 Å². The van der Waals surface area contributed by atoms with Crippen molar-refractivity contribution in [3.8, 4) is 11.8 Å². The Kier molecular flexibility index (Phi) is 11.8. The Morgan fingerprint density at radius 2 is 1.65 bits per heavy atom. The molecule has 0 spiro atoms. The highest BCUT2D eigenvalue weighted by Gasteiger charge is 2.42. The van der Waals surface area contributed by atoms with E-state index < -0.39 is 11.5 Å². The summed E-state index contributed by atoms with van der Waals surface area (Å²) in [5.74, 6) is 9.18. The average Bonchev–Trinajstić information content (AvgIpc) is 3.66. The molecule has 49 heavy (non-hydrogen) atoms. The van der Waals surface area contributed by atoms with Crippen LogP contribution in [0.15, 0.2) is 64.6 Å². The highest BCUT2D eigenvalue weighted by Crippen LogP contribution is 2.52. The summed E-state index contributed by atoms with van der Waals surface area (Å²) in [7, 11) is 1.00. The lowest BCUT2D eigenvalue weighted by Crippen LogP contribution is -2.36. The van der Waals surface area contributed by atoms with E-state index in [1.165, 1.54) is 37.7 Å². The summed E-state index contributed by atoms with van der Waals surface area (Å²) in [6.07, 6.45) is 11.3. The van der Waals surface area contributed by atoms with Crippen molar-refractivity contribution in [1.82, 2.24) is 0 Å². The van der Waals surface area contributed by atoms with Crippen molar-refractivity contribution in [1.29, 1.82) is 0 Å². The van der Waals surface area contributed by atoms with E-state index in [2.05, 4.69) is 50.8 Å². The van der Waals surface area contributed by atoms with E-state index in [0.717, 1.165) is 64.7 Å². The third-order valence-corrected chi connectivity index (χ3v) is 11.2. The van der Waals surface area contributed by atoms with E-state index in [-0.39, 0.29) is 24.0 Å². The molecule has 2 aromatic carbocycles. The van der Waals surface area contributed by atoms with Crippen LogP contribution in [0.5, 0.6) is 0 Å².